The van der Waals surface area contributed by atoms with Gasteiger partial charge in [0, 0.05) is 19.7 Å². The van der Waals surface area contributed by atoms with E-state index in [0.29, 0.717) is 23.3 Å². The average molecular weight is 340 g/mol. The first-order chi connectivity index (χ1) is 10.7. The number of hydrogen-bond acceptors (Lipinski definition) is 3. The van der Waals surface area contributed by atoms with Crippen LogP contribution in [0.2, 0.25) is 0 Å². The lowest BCUT2D eigenvalue weighted by molar-refractivity contribution is -0.0334. The molecule has 1 fully saturated rings. The van der Waals surface area contributed by atoms with Gasteiger partial charge in [0.25, 0.3) is 0 Å². The third-order valence-corrected chi connectivity index (χ3v) is 6.69. The van der Waals surface area contributed by atoms with Gasteiger partial charge in [-0.3, -0.25) is 0 Å². The summed E-state index contributed by atoms with van der Waals surface area (Å²) in [4.78, 5) is 0.372. The molecule has 0 bridgehead atoms. The van der Waals surface area contributed by atoms with Crippen LogP contribution in [-0.4, -0.2) is 38.5 Å². The Bertz CT molecular complexity index is 608. The Morgan fingerprint density at radius 2 is 1.74 bits per heavy atom. The van der Waals surface area contributed by atoms with Gasteiger partial charge in [0.15, 0.2) is 0 Å². The first-order valence-electron chi connectivity index (χ1n) is 8.43. The molecule has 2 rings (SSSR count). The van der Waals surface area contributed by atoms with Crippen molar-refractivity contribution >= 4 is 10.0 Å². The smallest absolute Gasteiger partial charge is 0.243 e. The first-order valence-corrected chi connectivity index (χ1v) is 9.87. The van der Waals surface area contributed by atoms with E-state index in [1.54, 1.807) is 19.2 Å². The van der Waals surface area contributed by atoms with Crippen LogP contribution in [0.25, 0.3) is 0 Å². The Labute approximate surface area is 140 Å². The van der Waals surface area contributed by atoms with E-state index in [1.165, 1.54) is 4.31 Å². The summed E-state index contributed by atoms with van der Waals surface area (Å²) in [5, 5.41) is 0. The lowest BCUT2D eigenvalue weighted by Gasteiger charge is -2.36. The van der Waals surface area contributed by atoms with Crippen molar-refractivity contribution in [2.45, 2.75) is 63.5 Å². The second kappa shape index (κ2) is 7.32. The number of ether oxygens (including phenoxy) is 1. The molecule has 2 atom stereocenters. The zero-order valence-corrected chi connectivity index (χ0v) is 15.6. The second-order valence-electron chi connectivity index (χ2n) is 7.08. The van der Waals surface area contributed by atoms with Crippen molar-refractivity contribution in [1.82, 2.24) is 4.31 Å². The summed E-state index contributed by atoms with van der Waals surface area (Å²) < 4.78 is 33.0. The van der Waals surface area contributed by atoms with Crippen molar-refractivity contribution in [1.29, 1.82) is 0 Å². The SMILES string of the molecule is CC(C)c1ccc(S(=O)(=O)N(C)C2CCOC(C(C)C)C2)cc1. The predicted octanol–water partition coefficient (Wildman–Crippen LogP) is 3.63. The maximum Gasteiger partial charge on any atom is 0.243 e. The van der Waals surface area contributed by atoms with Crippen LogP contribution < -0.4 is 0 Å². The van der Waals surface area contributed by atoms with Crippen LogP contribution >= 0.6 is 0 Å². The third kappa shape index (κ3) is 4.14. The quantitative estimate of drug-likeness (QED) is 0.823. The predicted molar refractivity (Wildman–Crippen MR) is 93.1 cm³/mol. The summed E-state index contributed by atoms with van der Waals surface area (Å²) >= 11 is 0. The van der Waals surface area contributed by atoms with Crippen LogP contribution in [0, 0.1) is 5.92 Å². The Morgan fingerprint density at radius 1 is 1.13 bits per heavy atom. The van der Waals surface area contributed by atoms with Gasteiger partial charge in [-0.25, -0.2) is 8.42 Å². The highest BCUT2D eigenvalue weighted by Crippen LogP contribution is 2.27. The molecule has 5 heteroatoms. The van der Waals surface area contributed by atoms with Gasteiger partial charge >= 0.3 is 0 Å². The molecule has 0 aliphatic carbocycles. The molecule has 23 heavy (non-hydrogen) atoms. The molecule has 130 valence electrons. The van der Waals surface area contributed by atoms with Crippen LogP contribution in [0.3, 0.4) is 0 Å². The highest BCUT2D eigenvalue weighted by Gasteiger charge is 2.33. The molecule has 0 amide bonds. The lowest BCUT2D eigenvalue weighted by Crippen LogP contribution is -2.44. The molecule has 0 saturated carbocycles. The van der Waals surface area contributed by atoms with Crippen molar-refractivity contribution in [3.8, 4) is 0 Å². The number of benzene rings is 1. The topological polar surface area (TPSA) is 46.6 Å². The van der Waals surface area contributed by atoms with Gasteiger partial charge in [-0.15, -0.1) is 0 Å². The van der Waals surface area contributed by atoms with Crippen LogP contribution in [0.4, 0.5) is 0 Å². The fourth-order valence-electron chi connectivity index (χ4n) is 2.99. The Kier molecular flexibility index (Phi) is 5.87. The van der Waals surface area contributed by atoms with Gasteiger partial charge in [0.1, 0.15) is 0 Å². The minimum Gasteiger partial charge on any atom is -0.378 e. The van der Waals surface area contributed by atoms with Gasteiger partial charge < -0.3 is 4.74 Å². The molecule has 2 unspecified atom stereocenters. The molecule has 1 saturated heterocycles. The third-order valence-electron chi connectivity index (χ3n) is 4.77. The van der Waals surface area contributed by atoms with Gasteiger partial charge in [-0.1, -0.05) is 39.8 Å². The van der Waals surface area contributed by atoms with Crippen molar-refractivity contribution in [3.05, 3.63) is 29.8 Å². The lowest BCUT2D eigenvalue weighted by atomic mass is 9.95. The molecular weight excluding hydrogens is 310 g/mol. The van der Waals surface area contributed by atoms with Crippen LogP contribution in [-0.2, 0) is 14.8 Å². The number of hydrogen-bond donors (Lipinski definition) is 0. The van der Waals surface area contributed by atoms with Crippen LogP contribution in [0.5, 0.6) is 0 Å². The van der Waals surface area contributed by atoms with Crippen molar-refractivity contribution in [3.63, 3.8) is 0 Å². The van der Waals surface area contributed by atoms with Crippen molar-refractivity contribution in [2.24, 2.45) is 5.92 Å². The Balaban J connectivity index is 2.17. The monoisotopic (exact) mass is 339 g/mol. The normalized spacial score (nSPS) is 23.0. The summed E-state index contributed by atoms with van der Waals surface area (Å²) in [7, 11) is -1.76. The second-order valence-corrected chi connectivity index (χ2v) is 9.07. The summed E-state index contributed by atoms with van der Waals surface area (Å²) in [5.41, 5.74) is 1.15. The number of sulfonamides is 1. The largest absolute Gasteiger partial charge is 0.378 e. The van der Waals surface area contributed by atoms with Crippen molar-refractivity contribution < 1.29 is 13.2 Å². The van der Waals surface area contributed by atoms with Gasteiger partial charge in [-0.05, 0) is 42.4 Å². The molecule has 0 radical (unpaired) electrons. The van der Waals surface area contributed by atoms with Crippen LogP contribution in [0.1, 0.15) is 52.0 Å². The van der Waals surface area contributed by atoms with E-state index in [0.717, 1.165) is 18.4 Å². The zero-order chi connectivity index (χ0) is 17.2. The summed E-state index contributed by atoms with van der Waals surface area (Å²) in [5.74, 6) is 0.797. The Hall–Kier alpha value is -0.910. The highest BCUT2D eigenvalue weighted by atomic mass is 32.2. The van der Waals surface area contributed by atoms with E-state index >= 15 is 0 Å². The zero-order valence-electron chi connectivity index (χ0n) is 14.8. The average Bonchev–Trinajstić information content (AvgIpc) is 2.54. The fourth-order valence-corrected chi connectivity index (χ4v) is 4.39. The molecule has 1 heterocycles. The van der Waals surface area contributed by atoms with Gasteiger partial charge in [0.05, 0.1) is 11.0 Å². The minimum atomic E-state index is -3.45. The van der Waals surface area contributed by atoms with E-state index in [9.17, 15) is 8.42 Å². The summed E-state index contributed by atoms with van der Waals surface area (Å²) in [6.45, 7) is 9.06. The fraction of sp³-hybridized carbons (Fsp3) is 0.667. The van der Waals surface area contributed by atoms with E-state index in [2.05, 4.69) is 27.7 Å². The molecule has 1 aromatic carbocycles. The number of nitrogens with zero attached hydrogens (tertiary/aromatic N) is 1. The van der Waals surface area contributed by atoms with Crippen LogP contribution in [0.15, 0.2) is 29.2 Å². The molecule has 0 spiro atoms. The van der Waals surface area contributed by atoms with E-state index in [1.807, 2.05) is 12.1 Å². The molecule has 1 aromatic rings. The maximum atomic E-state index is 12.9. The molecule has 0 N–H and O–H groups in total. The molecule has 1 aliphatic heterocycles. The first kappa shape index (κ1) is 18.4. The minimum absolute atomic E-state index is 0.00549. The standard InChI is InChI=1S/C18H29NO3S/c1-13(2)15-6-8-17(9-7-15)23(20,21)19(5)16-10-11-22-18(12-16)14(3)4/h6-9,13-14,16,18H,10-12H2,1-5H3. The summed E-state index contributed by atoms with van der Waals surface area (Å²) in [6, 6.07) is 7.27. The highest BCUT2D eigenvalue weighted by molar-refractivity contribution is 7.89. The Morgan fingerprint density at radius 3 is 2.26 bits per heavy atom. The molecule has 4 nitrogen and oxygen atoms in total. The summed E-state index contributed by atoms with van der Waals surface area (Å²) in [6.07, 6.45) is 1.65. The van der Waals surface area contributed by atoms with E-state index < -0.39 is 10.0 Å². The number of rotatable bonds is 5. The van der Waals surface area contributed by atoms with E-state index in [4.69, 9.17) is 4.74 Å². The van der Waals surface area contributed by atoms with Crippen molar-refractivity contribution in [2.75, 3.05) is 13.7 Å². The van der Waals surface area contributed by atoms with Gasteiger partial charge in [0.2, 0.25) is 10.0 Å². The maximum absolute atomic E-state index is 12.9. The molecule has 0 aromatic heterocycles. The molecule has 1 aliphatic rings. The van der Waals surface area contributed by atoms with E-state index in [-0.39, 0.29) is 12.1 Å². The van der Waals surface area contributed by atoms with Gasteiger partial charge in [-0.2, -0.15) is 4.31 Å². The molecular formula is C18H29NO3S.